The summed E-state index contributed by atoms with van der Waals surface area (Å²) >= 11 is 0. The lowest BCUT2D eigenvalue weighted by atomic mass is 9.43. The van der Waals surface area contributed by atoms with E-state index >= 15 is 0 Å². The molecule has 4 aliphatic rings. The van der Waals surface area contributed by atoms with Gasteiger partial charge in [0.2, 0.25) is 0 Å². The lowest BCUT2D eigenvalue weighted by Gasteiger charge is -2.62. The summed E-state index contributed by atoms with van der Waals surface area (Å²) in [6, 6.07) is 10.00. The number of aliphatic hydroxyl groups excluding tert-OH is 2. The fraction of sp³-hybridized carbons (Fsp3) is 0.727. The Morgan fingerprint density at radius 2 is 1.79 bits per heavy atom. The first kappa shape index (κ1) is 27.7. The van der Waals surface area contributed by atoms with E-state index in [0.29, 0.717) is 42.1 Å². The monoisotopic (exact) mass is 523 g/mol. The zero-order valence-corrected chi connectivity index (χ0v) is 23.6. The van der Waals surface area contributed by atoms with Gasteiger partial charge in [-0.3, -0.25) is 0 Å². The Bertz CT molecular complexity index is 980. The highest BCUT2D eigenvalue weighted by Gasteiger charge is 2.62. The molecule has 0 saturated heterocycles. The number of aliphatic hydroxyl groups is 2. The van der Waals surface area contributed by atoms with Gasteiger partial charge in [-0.15, -0.1) is 0 Å². The lowest BCUT2D eigenvalue weighted by molar-refractivity contribution is -0.174. The minimum atomic E-state index is -0.350. The van der Waals surface area contributed by atoms with Crippen LogP contribution in [0.1, 0.15) is 84.1 Å². The molecule has 0 aromatic heterocycles. The van der Waals surface area contributed by atoms with Crippen molar-refractivity contribution in [1.82, 2.24) is 5.32 Å². The Morgan fingerprint density at radius 3 is 2.58 bits per heavy atom. The van der Waals surface area contributed by atoms with Gasteiger partial charge in [-0.1, -0.05) is 57.2 Å². The number of carbonyl (C=O) groups is 1. The Balaban J connectivity index is 1.12. The van der Waals surface area contributed by atoms with Crippen LogP contribution in [-0.4, -0.2) is 41.7 Å². The molecule has 0 heterocycles. The van der Waals surface area contributed by atoms with Crippen LogP contribution in [-0.2, 0) is 4.74 Å². The van der Waals surface area contributed by atoms with E-state index in [2.05, 4.69) is 26.1 Å². The Hall–Kier alpha value is -1.85. The smallest absolute Gasteiger partial charge is 0.407 e. The highest BCUT2D eigenvalue weighted by Crippen LogP contribution is 2.68. The minimum Gasteiger partial charge on any atom is -0.445 e. The van der Waals surface area contributed by atoms with Crippen LogP contribution in [0, 0.1) is 46.3 Å². The first-order valence-electron chi connectivity index (χ1n) is 15.2. The number of hydrogen-bond donors (Lipinski definition) is 3. The van der Waals surface area contributed by atoms with E-state index in [9.17, 15) is 15.0 Å². The van der Waals surface area contributed by atoms with Gasteiger partial charge in [0.25, 0.3) is 0 Å². The molecule has 1 aromatic carbocycles. The topological polar surface area (TPSA) is 78.8 Å². The molecule has 5 heteroatoms. The molecule has 0 spiro atoms. The predicted molar refractivity (Wildman–Crippen MR) is 151 cm³/mol. The molecular weight excluding hydrogens is 474 g/mol. The molecule has 5 rings (SSSR count). The first-order valence-corrected chi connectivity index (χ1v) is 15.2. The van der Waals surface area contributed by atoms with Crippen LogP contribution in [0.2, 0.25) is 0 Å². The maximum Gasteiger partial charge on any atom is 0.407 e. The zero-order chi connectivity index (χ0) is 26.9. The van der Waals surface area contributed by atoms with Crippen LogP contribution in [0.3, 0.4) is 0 Å². The standard InChI is InChI=1S/C33H49NO4/c1-22(15-18-34-31(37)38-19-7-10-23-8-5-4-6-9-23)26-11-12-27-30-28(14-17-33(26,27)3)32(2)16-13-25(35)20-24(32)21-29(30)36/h4-10,22,24-30,35-36H,11-21H2,1-3H3,(H,34,37)/b10-7+/t22-,24?,25-,26-,27?,28?,29-,30?,32+,33-/m1/s1. The van der Waals surface area contributed by atoms with E-state index in [4.69, 9.17) is 4.74 Å². The van der Waals surface area contributed by atoms with Gasteiger partial charge in [0.05, 0.1) is 12.2 Å². The highest BCUT2D eigenvalue weighted by atomic mass is 16.5. The largest absolute Gasteiger partial charge is 0.445 e. The average Bonchev–Trinajstić information content (AvgIpc) is 3.25. The molecule has 4 aliphatic carbocycles. The van der Waals surface area contributed by atoms with Gasteiger partial charge < -0.3 is 20.3 Å². The van der Waals surface area contributed by atoms with E-state index in [1.165, 1.54) is 25.7 Å². The molecule has 10 atom stereocenters. The molecule has 0 bridgehead atoms. The van der Waals surface area contributed by atoms with Crippen molar-refractivity contribution in [3.8, 4) is 0 Å². The van der Waals surface area contributed by atoms with Crippen LogP contribution in [0.4, 0.5) is 4.79 Å². The molecule has 4 saturated carbocycles. The Kier molecular flexibility index (Phi) is 8.26. The number of alkyl carbamates (subject to hydrolysis) is 1. The van der Waals surface area contributed by atoms with E-state index < -0.39 is 0 Å². The van der Waals surface area contributed by atoms with Gasteiger partial charge >= 0.3 is 6.09 Å². The molecule has 38 heavy (non-hydrogen) atoms. The summed E-state index contributed by atoms with van der Waals surface area (Å²) in [5.74, 6) is 3.19. The van der Waals surface area contributed by atoms with E-state index in [0.717, 1.165) is 37.7 Å². The van der Waals surface area contributed by atoms with Gasteiger partial charge in [0.15, 0.2) is 0 Å². The SMILES string of the molecule is C[C@H](CCNC(=O)OC/C=C/c1ccccc1)[C@H]1CCC2C3C(CC[C@@]21C)[C@@]1(C)CC[C@@H](O)CC1C[C@H]3O. The number of ether oxygens (including phenoxy) is 1. The second-order valence-electron chi connectivity index (χ2n) is 13.6. The van der Waals surface area contributed by atoms with Crippen molar-refractivity contribution in [2.24, 2.45) is 46.3 Å². The van der Waals surface area contributed by atoms with Crippen LogP contribution < -0.4 is 5.32 Å². The van der Waals surface area contributed by atoms with Crippen LogP contribution in [0.15, 0.2) is 36.4 Å². The summed E-state index contributed by atoms with van der Waals surface area (Å²) in [6.07, 6.45) is 12.7. The van der Waals surface area contributed by atoms with E-state index in [-0.39, 0.29) is 35.7 Å². The Labute approximate surface area is 229 Å². The van der Waals surface area contributed by atoms with Crippen molar-refractivity contribution >= 4 is 12.2 Å². The number of hydrogen-bond acceptors (Lipinski definition) is 4. The van der Waals surface area contributed by atoms with Crippen LogP contribution >= 0.6 is 0 Å². The number of rotatable bonds is 7. The maximum atomic E-state index is 12.2. The molecule has 1 aromatic rings. The van der Waals surface area contributed by atoms with Gasteiger partial charge in [-0.25, -0.2) is 4.79 Å². The number of benzene rings is 1. The fourth-order valence-corrected chi connectivity index (χ4v) is 9.70. The maximum absolute atomic E-state index is 12.2. The van der Waals surface area contributed by atoms with Crippen molar-refractivity contribution in [2.45, 2.75) is 90.8 Å². The van der Waals surface area contributed by atoms with Gasteiger partial charge in [0.1, 0.15) is 6.61 Å². The molecule has 0 radical (unpaired) electrons. The first-order chi connectivity index (χ1) is 18.2. The van der Waals surface area contributed by atoms with E-state index in [1.807, 2.05) is 42.5 Å². The molecule has 5 nitrogen and oxygen atoms in total. The predicted octanol–water partition coefficient (Wildman–Crippen LogP) is 6.44. The third kappa shape index (κ3) is 5.30. The molecule has 4 unspecified atom stereocenters. The zero-order valence-electron chi connectivity index (χ0n) is 23.6. The van der Waals surface area contributed by atoms with Crippen LogP contribution in [0.5, 0.6) is 0 Å². The van der Waals surface area contributed by atoms with E-state index in [1.54, 1.807) is 0 Å². The molecule has 3 N–H and O–H groups in total. The van der Waals surface area contributed by atoms with Gasteiger partial charge in [-0.05, 0) is 116 Å². The molecule has 1 amide bonds. The third-order valence-electron chi connectivity index (χ3n) is 11.7. The summed E-state index contributed by atoms with van der Waals surface area (Å²) < 4.78 is 5.33. The van der Waals surface area contributed by atoms with Crippen molar-refractivity contribution in [2.75, 3.05) is 13.2 Å². The van der Waals surface area contributed by atoms with Crippen LogP contribution in [0.25, 0.3) is 6.08 Å². The summed E-state index contributed by atoms with van der Waals surface area (Å²) in [5.41, 5.74) is 1.63. The van der Waals surface area contributed by atoms with Crippen molar-refractivity contribution < 1.29 is 19.7 Å². The van der Waals surface area contributed by atoms with Crippen molar-refractivity contribution in [3.63, 3.8) is 0 Å². The third-order valence-corrected chi connectivity index (χ3v) is 11.7. The summed E-state index contributed by atoms with van der Waals surface area (Å²) in [6.45, 7) is 8.25. The summed E-state index contributed by atoms with van der Waals surface area (Å²) in [5, 5.41) is 24.7. The van der Waals surface area contributed by atoms with Crippen molar-refractivity contribution in [1.29, 1.82) is 0 Å². The van der Waals surface area contributed by atoms with Crippen molar-refractivity contribution in [3.05, 3.63) is 42.0 Å². The number of fused-ring (bicyclic) bond motifs is 5. The molecule has 210 valence electrons. The fourth-order valence-electron chi connectivity index (χ4n) is 9.70. The quantitative estimate of drug-likeness (QED) is 0.384. The summed E-state index contributed by atoms with van der Waals surface area (Å²) in [7, 11) is 0. The lowest BCUT2D eigenvalue weighted by Crippen LogP contribution is -2.58. The van der Waals surface area contributed by atoms with Gasteiger partial charge in [0, 0.05) is 6.54 Å². The normalized spacial score (nSPS) is 41.1. The van der Waals surface area contributed by atoms with Gasteiger partial charge in [-0.2, -0.15) is 0 Å². The molecule has 4 fully saturated rings. The highest BCUT2D eigenvalue weighted by molar-refractivity contribution is 5.67. The molecule has 0 aliphatic heterocycles. The number of nitrogens with one attached hydrogen (secondary N) is 1. The molecular formula is C33H49NO4. The summed E-state index contributed by atoms with van der Waals surface area (Å²) in [4.78, 5) is 12.2. The second kappa shape index (κ2) is 11.3. The minimum absolute atomic E-state index is 0.181. The second-order valence-corrected chi connectivity index (χ2v) is 13.6. The Morgan fingerprint density at radius 1 is 1.05 bits per heavy atom. The number of carbonyl (C=O) groups excluding carboxylic acids is 1. The average molecular weight is 524 g/mol. The number of amides is 1.